The van der Waals surface area contributed by atoms with Gasteiger partial charge in [-0.05, 0) is 31.2 Å². The van der Waals surface area contributed by atoms with E-state index in [-0.39, 0.29) is 17.7 Å². The molecule has 2 amide bonds. The van der Waals surface area contributed by atoms with Crippen molar-refractivity contribution in [1.82, 2.24) is 0 Å². The highest BCUT2D eigenvalue weighted by Gasteiger charge is 2.28. The first-order chi connectivity index (χ1) is 10.6. The number of benzene rings is 2. The summed E-state index contributed by atoms with van der Waals surface area (Å²) in [6.45, 7) is 4.19. The van der Waals surface area contributed by atoms with Crippen LogP contribution in [0.1, 0.15) is 22.8 Å². The molecule has 0 saturated carbocycles. The lowest BCUT2D eigenvalue weighted by Gasteiger charge is -2.23. The van der Waals surface area contributed by atoms with Crippen molar-refractivity contribution in [2.75, 3.05) is 16.8 Å². The predicted octanol–water partition coefficient (Wildman–Crippen LogP) is 3.23. The molecule has 4 nitrogen and oxygen atoms in total. The van der Waals surface area contributed by atoms with Gasteiger partial charge in [-0.1, -0.05) is 36.8 Å². The van der Waals surface area contributed by atoms with Crippen LogP contribution < -0.4 is 10.2 Å². The second-order valence-electron chi connectivity index (χ2n) is 5.69. The number of hydrogen-bond donors (Lipinski definition) is 1. The molecule has 0 spiro atoms. The molecule has 0 bridgehead atoms. The fourth-order valence-electron chi connectivity index (χ4n) is 2.57. The number of anilines is 2. The smallest absolute Gasteiger partial charge is 0.258 e. The average molecular weight is 294 g/mol. The lowest BCUT2D eigenvalue weighted by atomic mass is 10.1. The third-order valence-corrected chi connectivity index (χ3v) is 3.90. The van der Waals surface area contributed by atoms with E-state index in [1.54, 1.807) is 4.90 Å². The van der Waals surface area contributed by atoms with Crippen molar-refractivity contribution in [3.8, 4) is 0 Å². The highest BCUT2D eigenvalue weighted by atomic mass is 16.2. The maximum Gasteiger partial charge on any atom is 0.258 e. The molecule has 0 unspecified atom stereocenters. The van der Waals surface area contributed by atoms with Crippen molar-refractivity contribution in [3.05, 3.63) is 59.7 Å². The largest absolute Gasteiger partial charge is 0.324 e. The van der Waals surface area contributed by atoms with Crippen LogP contribution in [-0.2, 0) is 4.79 Å². The first-order valence-corrected chi connectivity index (χ1v) is 7.34. The fourth-order valence-corrected chi connectivity index (χ4v) is 2.57. The van der Waals surface area contributed by atoms with Gasteiger partial charge in [0, 0.05) is 12.1 Å². The lowest BCUT2D eigenvalue weighted by Crippen LogP contribution is -2.35. The van der Waals surface area contributed by atoms with Crippen LogP contribution in [0, 0.1) is 12.8 Å². The van der Waals surface area contributed by atoms with Gasteiger partial charge < -0.3 is 10.2 Å². The van der Waals surface area contributed by atoms with Crippen molar-refractivity contribution < 1.29 is 9.59 Å². The van der Waals surface area contributed by atoms with Crippen LogP contribution in [0.3, 0.4) is 0 Å². The minimum Gasteiger partial charge on any atom is -0.324 e. The van der Waals surface area contributed by atoms with Gasteiger partial charge in [-0.25, -0.2) is 0 Å². The van der Waals surface area contributed by atoms with Crippen LogP contribution >= 0.6 is 0 Å². The van der Waals surface area contributed by atoms with Crippen molar-refractivity contribution in [2.24, 2.45) is 5.92 Å². The molecule has 1 heterocycles. The minimum absolute atomic E-state index is 0.0633. The molecule has 2 aromatic carbocycles. The molecule has 22 heavy (non-hydrogen) atoms. The molecule has 0 radical (unpaired) electrons. The van der Waals surface area contributed by atoms with Crippen LogP contribution in [-0.4, -0.2) is 18.4 Å². The van der Waals surface area contributed by atoms with Crippen LogP contribution in [0.4, 0.5) is 11.4 Å². The monoisotopic (exact) mass is 294 g/mol. The SMILES string of the molecule is Cc1ccc(C(=O)N2C[C@H](C)C(=O)Nc3ccccc32)cc1. The standard InChI is InChI=1S/C18H18N2O2/c1-12-7-9-14(10-8-12)18(22)20-11-13(2)17(21)19-15-5-3-4-6-16(15)20/h3-10,13H,11H2,1-2H3,(H,19,21)/t13-/m0/s1. The Morgan fingerprint density at radius 2 is 1.82 bits per heavy atom. The summed E-state index contributed by atoms with van der Waals surface area (Å²) in [5.74, 6) is -0.413. The maximum atomic E-state index is 12.9. The number of nitrogens with zero attached hydrogens (tertiary/aromatic N) is 1. The first-order valence-electron chi connectivity index (χ1n) is 7.34. The lowest BCUT2D eigenvalue weighted by molar-refractivity contribution is -0.119. The highest BCUT2D eigenvalue weighted by Crippen LogP contribution is 2.31. The molecular formula is C18H18N2O2. The number of nitrogens with one attached hydrogen (secondary N) is 1. The van der Waals surface area contributed by atoms with E-state index in [0.717, 1.165) is 11.3 Å². The highest BCUT2D eigenvalue weighted by molar-refractivity contribution is 6.10. The number of carbonyl (C=O) groups is 2. The normalized spacial score (nSPS) is 17.5. The van der Waals surface area contributed by atoms with Crippen LogP contribution in [0.2, 0.25) is 0 Å². The first kappa shape index (κ1) is 14.3. The number of aryl methyl sites for hydroxylation is 1. The van der Waals surface area contributed by atoms with Gasteiger partial charge in [0.2, 0.25) is 5.91 Å². The molecule has 1 atom stereocenters. The van der Waals surface area contributed by atoms with Crippen molar-refractivity contribution in [3.63, 3.8) is 0 Å². The summed E-state index contributed by atoms with van der Waals surface area (Å²) in [5.41, 5.74) is 3.16. The summed E-state index contributed by atoms with van der Waals surface area (Å²) in [6.07, 6.45) is 0. The number of rotatable bonds is 1. The minimum atomic E-state index is -0.262. The van der Waals surface area contributed by atoms with Gasteiger partial charge in [0.05, 0.1) is 17.3 Å². The van der Waals surface area contributed by atoms with Crippen molar-refractivity contribution >= 4 is 23.2 Å². The zero-order chi connectivity index (χ0) is 15.7. The maximum absolute atomic E-state index is 12.9. The second kappa shape index (κ2) is 5.64. The molecular weight excluding hydrogens is 276 g/mol. The summed E-state index contributed by atoms with van der Waals surface area (Å²) in [5, 5.41) is 2.88. The quantitative estimate of drug-likeness (QED) is 0.878. The Hall–Kier alpha value is -2.62. The molecule has 1 aliphatic heterocycles. The number of para-hydroxylation sites is 2. The Balaban J connectivity index is 2.02. The third kappa shape index (κ3) is 2.60. The molecule has 0 aliphatic carbocycles. The van der Waals surface area contributed by atoms with Crippen molar-refractivity contribution in [1.29, 1.82) is 0 Å². The Morgan fingerprint density at radius 3 is 2.55 bits per heavy atom. The van der Waals surface area contributed by atoms with Gasteiger partial charge in [-0.15, -0.1) is 0 Å². The Bertz CT molecular complexity index is 722. The van der Waals surface area contributed by atoms with E-state index in [1.807, 2.05) is 62.4 Å². The summed E-state index contributed by atoms with van der Waals surface area (Å²) in [7, 11) is 0. The van der Waals surface area contributed by atoms with E-state index in [9.17, 15) is 9.59 Å². The van der Waals surface area contributed by atoms with Gasteiger partial charge in [0.1, 0.15) is 0 Å². The summed E-state index contributed by atoms with van der Waals surface area (Å²) < 4.78 is 0. The number of carbonyl (C=O) groups excluding carboxylic acids is 2. The third-order valence-electron chi connectivity index (χ3n) is 3.90. The Morgan fingerprint density at radius 1 is 1.14 bits per heavy atom. The fraction of sp³-hybridized carbons (Fsp3) is 0.222. The van der Waals surface area contributed by atoms with E-state index >= 15 is 0 Å². The molecule has 0 fully saturated rings. The topological polar surface area (TPSA) is 49.4 Å². The van der Waals surface area contributed by atoms with Gasteiger partial charge in [-0.3, -0.25) is 9.59 Å². The van der Waals surface area contributed by atoms with Gasteiger partial charge in [0.25, 0.3) is 5.91 Å². The van der Waals surface area contributed by atoms with Gasteiger partial charge in [0.15, 0.2) is 0 Å². The summed E-state index contributed by atoms with van der Waals surface area (Å²) in [4.78, 5) is 26.6. The second-order valence-corrected chi connectivity index (χ2v) is 5.69. The van der Waals surface area contributed by atoms with Gasteiger partial charge in [-0.2, -0.15) is 0 Å². The number of hydrogen-bond acceptors (Lipinski definition) is 2. The summed E-state index contributed by atoms with van der Waals surface area (Å²) >= 11 is 0. The molecule has 1 aliphatic rings. The van der Waals surface area contributed by atoms with E-state index in [2.05, 4.69) is 5.32 Å². The van der Waals surface area contributed by atoms with Crippen LogP contribution in [0.15, 0.2) is 48.5 Å². The Labute approximate surface area is 129 Å². The van der Waals surface area contributed by atoms with E-state index in [4.69, 9.17) is 0 Å². The molecule has 1 N–H and O–H groups in total. The summed E-state index contributed by atoms with van der Waals surface area (Å²) in [6, 6.07) is 14.9. The van der Waals surface area contributed by atoms with E-state index in [1.165, 1.54) is 0 Å². The van der Waals surface area contributed by atoms with Crippen molar-refractivity contribution in [2.45, 2.75) is 13.8 Å². The van der Waals surface area contributed by atoms with Crippen LogP contribution in [0.5, 0.6) is 0 Å². The Kier molecular flexibility index (Phi) is 3.67. The predicted molar refractivity (Wildman–Crippen MR) is 87.1 cm³/mol. The molecule has 4 heteroatoms. The van der Waals surface area contributed by atoms with Gasteiger partial charge >= 0.3 is 0 Å². The number of fused-ring (bicyclic) bond motifs is 1. The molecule has 2 aromatic rings. The van der Waals surface area contributed by atoms with Crippen LogP contribution in [0.25, 0.3) is 0 Å². The average Bonchev–Trinajstić information content (AvgIpc) is 2.65. The molecule has 3 rings (SSSR count). The van der Waals surface area contributed by atoms with E-state index in [0.29, 0.717) is 17.8 Å². The molecule has 112 valence electrons. The molecule has 0 aromatic heterocycles. The number of amides is 2. The zero-order valence-electron chi connectivity index (χ0n) is 12.7. The van der Waals surface area contributed by atoms with E-state index < -0.39 is 0 Å². The zero-order valence-corrected chi connectivity index (χ0v) is 12.7. The molecule has 0 saturated heterocycles.